The van der Waals surface area contributed by atoms with E-state index in [9.17, 15) is 0 Å². The van der Waals surface area contributed by atoms with Crippen molar-refractivity contribution in [3.05, 3.63) is 0 Å². The van der Waals surface area contributed by atoms with Crippen LogP contribution in [0.1, 0.15) is 53.4 Å². The molecule has 78 valence electrons. The molecule has 1 atom stereocenters. The first kappa shape index (κ1) is 12.7. The minimum absolute atomic E-state index is 0.846. The van der Waals surface area contributed by atoms with Crippen molar-refractivity contribution in [3.8, 4) is 0 Å². The van der Waals surface area contributed by atoms with Gasteiger partial charge in [0.05, 0.1) is 0 Å². The van der Waals surface area contributed by atoms with Gasteiger partial charge in [0.1, 0.15) is 0 Å². The molecule has 1 heteroatoms. The van der Waals surface area contributed by atoms with Gasteiger partial charge in [0, 0.05) is 12.8 Å². The van der Waals surface area contributed by atoms with Crippen LogP contribution >= 0.6 is 0 Å². The van der Waals surface area contributed by atoms with Crippen LogP contribution < -0.4 is 0 Å². The van der Waals surface area contributed by atoms with Gasteiger partial charge in [0.2, 0.25) is 0 Å². The van der Waals surface area contributed by atoms with E-state index in [4.69, 9.17) is 0 Å². The van der Waals surface area contributed by atoms with Gasteiger partial charge in [-0.15, -0.1) is 0 Å². The van der Waals surface area contributed by atoms with Crippen LogP contribution in [0, 0.1) is 11.8 Å². The van der Waals surface area contributed by atoms with Gasteiger partial charge in [-0.25, -0.2) is 0 Å². The van der Waals surface area contributed by atoms with Crippen LogP contribution in [0.15, 0.2) is 4.99 Å². The molecule has 0 aliphatic rings. The molecular weight excluding hydrogens is 158 g/mol. The molecule has 1 unspecified atom stereocenters. The van der Waals surface area contributed by atoms with Crippen LogP contribution in [-0.4, -0.2) is 12.8 Å². The molecule has 0 aromatic rings. The van der Waals surface area contributed by atoms with E-state index in [0.29, 0.717) is 0 Å². The molecule has 0 aliphatic carbocycles. The van der Waals surface area contributed by atoms with E-state index in [1.165, 1.54) is 31.4 Å². The van der Waals surface area contributed by atoms with Crippen LogP contribution in [0.2, 0.25) is 0 Å². The van der Waals surface area contributed by atoms with Crippen LogP contribution in [-0.2, 0) is 0 Å². The molecule has 0 heterocycles. The standard InChI is InChI=1S/C12H25N/c1-6-11(7-2)12(8-3)9-10(4)13-5/h11-12H,6-9H2,1-5H3/b13-10+. The van der Waals surface area contributed by atoms with Crippen molar-refractivity contribution in [3.63, 3.8) is 0 Å². The predicted molar refractivity (Wildman–Crippen MR) is 61.5 cm³/mol. The second kappa shape index (κ2) is 7.11. The lowest BCUT2D eigenvalue weighted by Gasteiger charge is -2.23. The Balaban J connectivity index is 4.15. The second-order valence-electron chi connectivity index (χ2n) is 3.91. The van der Waals surface area contributed by atoms with Gasteiger partial charge >= 0.3 is 0 Å². The Hall–Kier alpha value is -0.330. The molecule has 0 aromatic carbocycles. The molecule has 0 aliphatic heterocycles. The molecule has 0 aromatic heterocycles. The second-order valence-corrected chi connectivity index (χ2v) is 3.91. The molecule has 0 spiro atoms. The summed E-state index contributed by atoms with van der Waals surface area (Å²) in [5.74, 6) is 1.74. The fourth-order valence-corrected chi connectivity index (χ4v) is 2.07. The molecule has 0 amide bonds. The van der Waals surface area contributed by atoms with E-state index in [1.54, 1.807) is 0 Å². The Kier molecular flexibility index (Phi) is 6.93. The summed E-state index contributed by atoms with van der Waals surface area (Å²) in [5.41, 5.74) is 1.30. The number of nitrogens with zero attached hydrogens (tertiary/aromatic N) is 1. The zero-order valence-electron chi connectivity index (χ0n) is 9.93. The zero-order chi connectivity index (χ0) is 10.3. The molecule has 13 heavy (non-hydrogen) atoms. The molecule has 0 fully saturated rings. The first-order valence-corrected chi connectivity index (χ1v) is 5.61. The van der Waals surface area contributed by atoms with Crippen molar-refractivity contribution in [1.82, 2.24) is 0 Å². The van der Waals surface area contributed by atoms with Crippen LogP contribution in [0.5, 0.6) is 0 Å². The summed E-state index contributed by atoms with van der Waals surface area (Å²) in [6, 6.07) is 0. The lowest BCUT2D eigenvalue weighted by molar-refractivity contribution is 0.312. The van der Waals surface area contributed by atoms with Gasteiger partial charge in [-0.3, -0.25) is 4.99 Å². The Bertz CT molecular complexity index is 145. The minimum atomic E-state index is 0.846. The fourth-order valence-electron chi connectivity index (χ4n) is 2.07. The quantitative estimate of drug-likeness (QED) is 0.553. The van der Waals surface area contributed by atoms with Gasteiger partial charge in [-0.2, -0.15) is 0 Å². The highest BCUT2D eigenvalue weighted by molar-refractivity contribution is 5.81. The maximum absolute atomic E-state index is 4.24. The van der Waals surface area contributed by atoms with Gasteiger partial charge in [0.15, 0.2) is 0 Å². The summed E-state index contributed by atoms with van der Waals surface area (Å²) >= 11 is 0. The van der Waals surface area contributed by atoms with Crippen molar-refractivity contribution >= 4 is 5.71 Å². The molecule has 0 saturated heterocycles. The lowest BCUT2D eigenvalue weighted by Crippen LogP contribution is -2.15. The van der Waals surface area contributed by atoms with E-state index < -0.39 is 0 Å². The largest absolute Gasteiger partial charge is 0.298 e. The lowest BCUT2D eigenvalue weighted by atomic mass is 9.82. The Morgan fingerprint density at radius 3 is 1.77 bits per heavy atom. The molecule has 0 saturated carbocycles. The summed E-state index contributed by atoms with van der Waals surface area (Å²) < 4.78 is 0. The minimum Gasteiger partial charge on any atom is -0.298 e. The number of aliphatic imine (C=N–C) groups is 1. The molecule has 0 rings (SSSR count). The third-order valence-electron chi connectivity index (χ3n) is 3.18. The predicted octanol–water partition coefficient (Wildman–Crippen LogP) is 3.93. The summed E-state index contributed by atoms with van der Waals surface area (Å²) in [7, 11) is 1.90. The molecule has 1 nitrogen and oxygen atoms in total. The number of rotatable bonds is 6. The van der Waals surface area contributed by atoms with Gasteiger partial charge in [-0.05, 0) is 25.2 Å². The molecule has 0 radical (unpaired) electrons. The molecule has 0 N–H and O–H groups in total. The average Bonchev–Trinajstić information content (AvgIpc) is 2.17. The number of hydrogen-bond donors (Lipinski definition) is 0. The van der Waals surface area contributed by atoms with Crippen molar-refractivity contribution in [2.24, 2.45) is 16.8 Å². The number of hydrogen-bond acceptors (Lipinski definition) is 1. The third kappa shape index (κ3) is 4.44. The summed E-state index contributed by atoms with van der Waals surface area (Å²) in [4.78, 5) is 4.24. The van der Waals surface area contributed by atoms with Crippen LogP contribution in [0.25, 0.3) is 0 Å². The van der Waals surface area contributed by atoms with E-state index in [1.807, 2.05) is 7.05 Å². The van der Waals surface area contributed by atoms with Crippen LogP contribution in [0.4, 0.5) is 0 Å². The smallest absolute Gasteiger partial charge is 0.0276 e. The monoisotopic (exact) mass is 183 g/mol. The SMILES string of the molecule is CCC(CC)C(CC)C/C(C)=N/C. The Labute approximate surface area is 83.6 Å². The van der Waals surface area contributed by atoms with E-state index in [2.05, 4.69) is 32.7 Å². The van der Waals surface area contributed by atoms with Crippen molar-refractivity contribution in [1.29, 1.82) is 0 Å². The highest BCUT2D eigenvalue weighted by Gasteiger charge is 2.16. The first-order valence-electron chi connectivity index (χ1n) is 5.61. The van der Waals surface area contributed by atoms with Crippen LogP contribution in [0.3, 0.4) is 0 Å². The highest BCUT2D eigenvalue weighted by Crippen LogP contribution is 2.25. The summed E-state index contributed by atoms with van der Waals surface area (Å²) in [6.07, 6.45) is 5.11. The topological polar surface area (TPSA) is 12.4 Å². The average molecular weight is 183 g/mol. The zero-order valence-corrected chi connectivity index (χ0v) is 9.93. The normalized spacial score (nSPS) is 15.1. The van der Waals surface area contributed by atoms with Crippen molar-refractivity contribution < 1.29 is 0 Å². The maximum atomic E-state index is 4.24. The van der Waals surface area contributed by atoms with E-state index in [-0.39, 0.29) is 0 Å². The fraction of sp³-hybridized carbons (Fsp3) is 0.917. The van der Waals surface area contributed by atoms with Crippen molar-refractivity contribution in [2.45, 2.75) is 53.4 Å². The summed E-state index contributed by atoms with van der Waals surface area (Å²) in [5, 5.41) is 0. The molecule has 0 bridgehead atoms. The Morgan fingerprint density at radius 1 is 1.00 bits per heavy atom. The summed E-state index contributed by atoms with van der Waals surface area (Å²) in [6.45, 7) is 9.04. The van der Waals surface area contributed by atoms with Gasteiger partial charge in [-0.1, -0.05) is 40.0 Å². The Morgan fingerprint density at radius 2 is 1.46 bits per heavy atom. The first-order chi connectivity index (χ1) is 6.19. The molecular formula is C12H25N. The van der Waals surface area contributed by atoms with Gasteiger partial charge < -0.3 is 0 Å². The third-order valence-corrected chi connectivity index (χ3v) is 3.18. The van der Waals surface area contributed by atoms with Gasteiger partial charge in [0.25, 0.3) is 0 Å². The maximum Gasteiger partial charge on any atom is 0.0276 e. The highest BCUT2D eigenvalue weighted by atomic mass is 14.7. The van der Waals surface area contributed by atoms with E-state index in [0.717, 1.165) is 11.8 Å². The van der Waals surface area contributed by atoms with E-state index >= 15 is 0 Å². The van der Waals surface area contributed by atoms with Crippen molar-refractivity contribution in [2.75, 3.05) is 7.05 Å².